The molecule has 204 valence electrons. The maximum Gasteiger partial charge on any atom is 0.308 e. The quantitative estimate of drug-likeness (QED) is 0.120. The van der Waals surface area contributed by atoms with Crippen LogP contribution in [0.25, 0.3) is 0 Å². The third kappa shape index (κ3) is 9.99. The predicted octanol–water partition coefficient (Wildman–Crippen LogP) is 7.59. The van der Waals surface area contributed by atoms with Crippen LogP contribution in [-0.4, -0.2) is 38.4 Å². The summed E-state index contributed by atoms with van der Waals surface area (Å²) in [4.78, 5) is 24.6. The molecule has 0 aliphatic carbocycles. The van der Waals surface area contributed by atoms with Crippen LogP contribution in [0.1, 0.15) is 33.6 Å². The Bertz CT molecular complexity index is 1240. The summed E-state index contributed by atoms with van der Waals surface area (Å²) in [5, 5.41) is 17.1. The standard InChI is InChI=1S/C29H33N5O5/c1-4-28(35)37-20-19-34(6-3)26-15-11-24(12-16-26)32-30-22-7-9-23(10-8-22)31-33-25-13-17-27(18-14-25)38-21-39-29(36)5-2/h7-18H,4-6,19-21H2,1-3H3. The predicted molar refractivity (Wildman–Crippen MR) is 149 cm³/mol. The number of benzene rings is 3. The molecule has 0 amide bonds. The minimum Gasteiger partial charge on any atom is -0.464 e. The number of likely N-dealkylation sites (N-methyl/N-ethyl adjacent to an activating group) is 1. The molecular formula is C29H33N5O5. The molecule has 0 radical (unpaired) electrons. The Balaban J connectivity index is 1.49. The van der Waals surface area contributed by atoms with Gasteiger partial charge in [-0.15, -0.1) is 0 Å². The van der Waals surface area contributed by atoms with E-state index >= 15 is 0 Å². The highest BCUT2D eigenvalue weighted by molar-refractivity contribution is 5.69. The van der Waals surface area contributed by atoms with Gasteiger partial charge in [0.1, 0.15) is 12.4 Å². The van der Waals surface area contributed by atoms with Gasteiger partial charge in [-0.1, -0.05) is 13.8 Å². The highest BCUT2D eigenvalue weighted by atomic mass is 16.7. The first-order chi connectivity index (χ1) is 19.0. The normalized spacial score (nSPS) is 11.1. The van der Waals surface area contributed by atoms with Crippen LogP contribution in [0, 0.1) is 0 Å². The van der Waals surface area contributed by atoms with Crippen molar-refractivity contribution in [1.82, 2.24) is 0 Å². The van der Waals surface area contributed by atoms with Gasteiger partial charge in [0.25, 0.3) is 0 Å². The highest BCUT2D eigenvalue weighted by Crippen LogP contribution is 2.25. The van der Waals surface area contributed by atoms with E-state index in [1.165, 1.54) is 0 Å². The van der Waals surface area contributed by atoms with Crippen molar-refractivity contribution in [2.75, 3.05) is 31.4 Å². The Morgan fingerprint density at radius 3 is 1.54 bits per heavy atom. The number of nitrogens with zero attached hydrogens (tertiary/aromatic N) is 5. The minimum atomic E-state index is -0.314. The molecule has 0 atom stereocenters. The summed E-state index contributed by atoms with van der Waals surface area (Å²) in [7, 11) is 0. The molecule has 0 bridgehead atoms. The number of azo groups is 2. The smallest absolute Gasteiger partial charge is 0.308 e. The number of carbonyl (C=O) groups excluding carboxylic acids is 2. The maximum absolute atomic E-state index is 11.3. The first-order valence-corrected chi connectivity index (χ1v) is 12.8. The Kier molecular flexibility index (Phi) is 11.6. The average molecular weight is 532 g/mol. The van der Waals surface area contributed by atoms with Crippen molar-refractivity contribution in [3.05, 3.63) is 72.8 Å². The Morgan fingerprint density at radius 2 is 1.08 bits per heavy atom. The van der Waals surface area contributed by atoms with E-state index in [1.807, 2.05) is 48.5 Å². The van der Waals surface area contributed by atoms with Gasteiger partial charge < -0.3 is 19.1 Å². The summed E-state index contributed by atoms with van der Waals surface area (Å²) < 4.78 is 15.4. The number of carbonyl (C=O) groups is 2. The van der Waals surface area contributed by atoms with Crippen LogP contribution in [-0.2, 0) is 19.1 Å². The SMILES string of the molecule is CCC(=O)OCCN(CC)c1ccc(N=Nc2ccc(N=Nc3ccc(OCOC(=O)CC)cc3)cc2)cc1. The van der Waals surface area contributed by atoms with Crippen LogP contribution in [0.5, 0.6) is 5.75 Å². The third-order valence-corrected chi connectivity index (χ3v) is 5.49. The van der Waals surface area contributed by atoms with Crippen molar-refractivity contribution in [3.8, 4) is 5.75 Å². The second-order valence-corrected chi connectivity index (χ2v) is 8.21. The van der Waals surface area contributed by atoms with Crippen molar-refractivity contribution in [2.45, 2.75) is 33.6 Å². The molecule has 0 spiro atoms. The molecule has 3 aromatic rings. The van der Waals surface area contributed by atoms with E-state index in [9.17, 15) is 9.59 Å². The van der Waals surface area contributed by atoms with E-state index in [0.29, 0.717) is 48.8 Å². The molecule has 10 nitrogen and oxygen atoms in total. The van der Waals surface area contributed by atoms with Gasteiger partial charge in [-0.2, -0.15) is 20.5 Å². The molecule has 0 fully saturated rings. The number of ether oxygens (including phenoxy) is 3. The Morgan fingerprint density at radius 1 is 0.641 bits per heavy atom. The number of anilines is 1. The van der Waals surface area contributed by atoms with E-state index < -0.39 is 0 Å². The molecule has 0 N–H and O–H groups in total. The van der Waals surface area contributed by atoms with E-state index in [1.54, 1.807) is 38.1 Å². The van der Waals surface area contributed by atoms with Crippen LogP contribution >= 0.6 is 0 Å². The lowest BCUT2D eigenvalue weighted by Crippen LogP contribution is -2.27. The summed E-state index contributed by atoms with van der Waals surface area (Å²) in [6, 6.07) is 22.0. The van der Waals surface area contributed by atoms with Gasteiger partial charge in [0.15, 0.2) is 0 Å². The van der Waals surface area contributed by atoms with Gasteiger partial charge in [-0.25, -0.2) is 0 Å². The third-order valence-electron chi connectivity index (χ3n) is 5.49. The second-order valence-electron chi connectivity index (χ2n) is 8.21. The van der Waals surface area contributed by atoms with Gasteiger partial charge in [0, 0.05) is 25.1 Å². The molecule has 0 unspecified atom stereocenters. The van der Waals surface area contributed by atoms with Crippen molar-refractivity contribution < 1.29 is 23.8 Å². The van der Waals surface area contributed by atoms with Crippen molar-refractivity contribution in [1.29, 1.82) is 0 Å². The summed E-state index contributed by atoms with van der Waals surface area (Å²) in [6.45, 7) is 7.22. The van der Waals surface area contributed by atoms with E-state index in [0.717, 1.165) is 17.9 Å². The van der Waals surface area contributed by atoms with Gasteiger partial charge in [-0.3, -0.25) is 9.59 Å². The van der Waals surface area contributed by atoms with Crippen LogP contribution in [0.3, 0.4) is 0 Å². The van der Waals surface area contributed by atoms with Crippen LogP contribution < -0.4 is 9.64 Å². The molecule has 0 saturated heterocycles. The zero-order chi connectivity index (χ0) is 27.9. The number of hydrogen-bond donors (Lipinski definition) is 0. The van der Waals surface area contributed by atoms with Crippen LogP contribution in [0.2, 0.25) is 0 Å². The van der Waals surface area contributed by atoms with Gasteiger partial charge in [0.05, 0.1) is 29.3 Å². The fraction of sp³-hybridized carbons (Fsp3) is 0.310. The average Bonchev–Trinajstić information content (AvgIpc) is 2.98. The van der Waals surface area contributed by atoms with Crippen molar-refractivity contribution >= 4 is 40.4 Å². The summed E-state index contributed by atoms with van der Waals surface area (Å²) in [6.07, 6.45) is 0.687. The molecule has 3 rings (SSSR count). The molecule has 0 aromatic heterocycles. The lowest BCUT2D eigenvalue weighted by molar-refractivity contribution is -0.149. The number of hydrogen-bond acceptors (Lipinski definition) is 10. The summed E-state index contributed by atoms with van der Waals surface area (Å²) in [5.74, 6) is 0.0647. The zero-order valence-electron chi connectivity index (χ0n) is 22.4. The zero-order valence-corrected chi connectivity index (χ0v) is 22.4. The topological polar surface area (TPSA) is 115 Å². The molecular weight excluding hydrogens is 498 g/mol. The van der Waals surface area contributed by atoms with Crippen molar-refractivity contribution in [3.63, 3.8) is 0 Å². The molecule has 3 aromatic carbocycles. The van der Waals surface area contributed by atoms with Crippen LogP contribution in [0.4, 0.5) is 28.4 Å². The first kappa shape index (κ1) is 29.0. The van der Waals surface area contributed by atoms with Crippen LogP contribution in [0.15, 0.2) is 93.3 Å². The Labute approximate surface area is 228 Å². The number of rotatable bonds is 14. The van der Waals surface area contributed by atoms with Gasteiger partial charge >= 0.3 is 11.9 Å². The van der Waals surface area contributed by atoms with Gasteiger partial charge in [0.2, 0.25) is 6.79 Å². The fourth-order valence-corrected chi connectivity index (χ4v) is 3.26. The summed E-state index contributed by atoms with van der Waals surface area (Å²) >= 11 is 0. The largest absolute Gasteiger partial charge is 0.464 e. The van der Waals surface area contributed by atoms with E-state index in [4.69, 9.17) is 14.2 Å². The molecule has 0 heterocycles. The lowest BCUT2D eigenvalue weighted by Gasteiger charge is -2.22. The number of esters is 2. The lowest BCUT2D eigenvalue weighted by atomic mass is 10.2. The molecule has 10 heteroatoms. The first-order valence-electron chi connectivity index (χ1n) is 12.8. The minimum absolute atomic E-state index is 0.126. The second kappa shape index (κ2) is 15.6. The monoisotopic (exact) mass is 531 g/mol. The summed E-state index contributed by atoms with van der Waals surface area (Å²) in [5.41, 5.74) is 3.78. The van der Waals surface area contributed by atoms with Gasteiger partial charge in [-0.05, 0) is 79.7 Å². The highest BCUT2D eigenvalue weighted by Gasteiger charge is 2.06. The fourth-order valence-electron chi connectivity index (χ4n) is 3.26. The van der Waals surface area contributed by atoms with E-state index in [-0.39, 0.29) is 18.7 Å². The Hall–Kier alpha value is -4.60. The molecule has 0 aliphatic rings. The molecule has 39 heavy (non-hydrogen) atoms. The molecule has 0 saturated carbocycles. The van der Waals surface area contributed by atoms with E-state index in [2.05, 4.69) is 32.3 Å². The van der Waals surface area contributed by atoms with Crippen molar-refractivity contribution in [2.24, 2.45) is 20.5 Å². The maximum atomic E-state index is 11.3. The molecule has 0 aliphatic heterocycles.